The molecule has 0 aliphatic carbocycles. The SMILES string of the molecule is Cc1ccc(CSCC(=O)Oc2ccc3c(C)cc(=O)oc3c2)cc1. The zero-order valence-electron chi connectivity index (χ0n) is 14.1. The van der Waals surface area contributed by atoms with Crippen molar-refractivity contribution < 1.29 is 13.9 Å². The van der Waals surface area contributed by atoms with E-state index in [-0.39, 0.29) is 11.7 Å². The van der Waals surface area contributed by atoms with Gasteiger partial charge in [0.2, 0.25) is 0 Å². The largest absolute Gasteiger partial charge is 0.426 e. The molecule has 128 valence electrons. The van der Waals surface area contributed by atoms with E-state index in [0.29, 0.717) is 11.3 Å². The Hall–Kier alpha value is -2.53. The van der Waals surface area contributed by atoms with Crippen molar-refractivity contribution in [3.8, 4) is 5.75 Å². The van der Waals surface area contributed by atoms with Gasteiger partial charge in [-0.15, -0.1) is 11.8 Å². The van der Waals surface area contributed by atoms with Crippen LogP contribution in [0.2, 0.25) is 0 Å². The molecule has 0 saturated carbocycles. The van der Waals surface area contributed by atoms with E-state index in [1.165, 1.54) is 29.0 Å². The lowest BCUT2D eigenvalue weighted by Crippen LogP contribution is -2.11. The monoisotopic (exact) mass is 354 g/mol. The predicted molar refractivity (Wildman–Crippen MR) is 100 cm³/mol. The third-order valence-corrected chi connectivity index (χ3v) is 4.74. The molecule has 3 aromatic rings. The zero-order valence-corrected chi connectivity index (χ0v) is 14.9. The van der Waals surface area contributed by atoms with Crippen molar-refractivity contribution in [3.05, 3.63) is 75.6 Å². The number of esters is 1. The van der Waals surface area contributed by atoms with Crippen molar-refractivity contribution in [2.75, 3.05) is 5.75 Å². The maximum atomic E-state index is 12.0. The lowest BCUT2D eigenvalue weighted by molar-refractivity contribution is -0.131. The summed E-state index contributed by atoms with van der Waals surface area (Å²) in [6, 6.07) is 14.7. The van der Waals surface area contributed by atoms with Gasteiger partial charge < -0.3 is 9.15 Å². The molecule has 0 radical (unpaired) electrons. The first kappa shape index (κ1) is 17.3. The smallest absolute Gasteiger partial charge is 0.336 e. The number of fused-ring (bicyclic) bond motifs is 1. The van der Waals surface area contributed by atoms with Crippen LogP contribution in [0, 0.1) is 13.8 Å². The maximum Gasteiger partial charge on any atom is 0.336 e. The number of hydrogen-bond donors (Lipinski definition) is 0. The van der Waals surface area contributed by atoms with Crippen LogP contribution in [0.25, 0.3) is 11.0 Å². The van der Waals surface area contributed by atoms with Gasteiger partial charge in [-0.2, -0.15) is 0 Å². The Morgan fingerprint density at radius 3 is 2.60 bits per heavy atom. The van der Waals surface area contributed by atoms with Crippen LogP contribution in [-0.4, -0.2) is 11.7 Å². The van der Waals surface area contributed by atoms with E-state index in [9.17, 15) is 9.59 Å². The van der Waals surface area contributed by atoms with Crippen molar-refractivity contribution in [3.63, 3.8) is 0 Å². The van der Waals surface area contributed by atoms with Gasteiger partial charge >= 0.3 is 11.6 Å². The molecule has 1 heterocycles. The molecule has 4 nitrogen and oxygen atoms in total. The highest BCUT2D eigenvalue weighted by atomic mass is 32.2. The zero-order chi connectivity index (χ0) is 17.8. The quantitative estimate of drug-likeness (QED) is 0.389. The molecule has 0 aliphatic heterocycles. The van der Waals surface area contributed by atoms with Crippen LogP contribution >= 0.6 is 11.8 Å². The molecular formula is C20H18O4S. The Morgan fingerprint density at radius 2 is 1.84 bits per heavy atom. The van der Waals surface area contributed by atoms with E-state index in [1.54, 1.807) is 18.2 Å². The van der Waals surface area contributed by atoms with Crippen LogP contribution in [0.15, 0.2) is 57.7 Å². The normalized spacial score (nSPS) is 10.8. The van der Waals surface area contributed by atoms with E-state index >= 15 is 0 Å². The van der Waals surface area contributed by atoms with E-state index in [4.69, 9.17) is 9.15 Å². The van der Waals surface area contributed by atoms with Gasteiger partial charge in [0.1, 0.15) is 11.3 Å². The highest BCUT2D eigenvalue weighted by Crippen LogP contribution is 2.23. The molecule has 1 aromatic heterocycles. The molecule has 2 aromatic carbocycles. The van der Waals surface area contributed by atoms with E-state index in [1.807, 2.05) is 13.8 Å². The molecule has 3 rings (SSSR count). The number of ether oxygens (including phenoxy) is 1. The van der Waals surface area contributed by atoms with E-state index in [2.05, 4.69) is 24.3 Å². The average Bonchev–Trinajstić information content (AvgIpc) is 2.56. The van der Waals surface area contributed by atoms with Gasteiger partial charge in [0.25, 0.3) is 0 Å². The summed E-state index contributed by atoms with van der Waals surface area (Å²) in [6.45, 7) is 3.88. The summed E-state index contributed by atoms with van der Waals surface area (Å²) in [6.07, 6.45) is 0. The Balaban J connectivity index is 1.60. The first-order valence-corrected chi connectivity index (χ1v) is 9.05. The van der Waals surface area contributed by atoms with Crippen LogP contribution in [0.3, 0.4) is 0 Å². The molecule has 0 bridgehead atoms. The number of rotatable bonds is 5. The molecule has 0 unspecified atom stereocenters. The van der Waals surface area contributed by atoms with Gasteiger partial charge in [0.15, 0.2) is 0 Å². The van der Waals surface area contributed by atoms with Gasteiger partial charge in [-0.3, -0.25) is 4.79 Å². The molecule has 5 heteroatoms. The minimum Gasteiger partial charge on any atom is -0.426 e. The first-order chi connectivity index (χ1) is 12.0. The number of thioether (sulfide) groups is 1. The Kier molecular flexibility index (Phi) is 5.24. The van der Waals surface area contributed by atoms with Crippen LogP contribution in [0.1, 0.15) is 16.7 Å². The number of hydrogen-bond acceptors (Lipinski definition) is 5. The summed E-state index contributed by atoms with van der Waals surface area (Å²) in [5.74, 6) is 1.05. The maximum absolute atomic E-state index is 12.0. The van der Waals surface area contributed by atoms with E-state index < -0.39 is 5.63 Å². The van der Waals surface area contributed by atoms with Gasteiger partial charge in [-0.25, -0.2) is 4.79 Å². The second-order valence-corrected chi connectivity index (χ2v) is 6.84. The number of benzene rings is 2. The summed E-state index contributed by atoms with van der Waals surface area (Å²) < 4.78 is 10.5. The Morgan fingerprint density at radius 1 is 1.08 bits per heavy atom. The molecule has 25 heavy (non-hydrogen) atoms. The highest BCUT2D eigenvalue weighted by molar-refractivity contribution is 7.99. The highest BCUT2D eigenvalue weighted by Gasteiger charge is 2.08. The second kappa shape index (κ2) is 7.57. The lowest BCUT2D eigenvalue weighted by Gasteiger charge is -2.06. The molecular weight excluding hydrogens is 336 g/mol. The Bertz CT molecular complexity index is 958. The third-order valence-electron chi connectivity index (χ3n) is 3.76. The molecule has 0 saturated heterocycles. The molecule has 0 spiro atoms. The standard InChI is InChI=1S/C20H18O4S/c1-13-3-5-15(6-4-13)11-25-12-20(22)23-16-7-8-17-14(2)9-19(21)24-18(17)10-16/h3-10H,11-12H2,1-2H3. The van der Waals surface area contributed by atoms with Gasteiger partial charge in [0, 0.05) is 23.3 Å². The van der Waals surface area contributed by atoms with Crippen molar-refractivity contribution in [1.82, 2.24) is 0 Å². The fourth-order valence-electron chi connectivity index (χ4n) is 2.47. The summed E-state index contributed by atoms with van der Waals surface area (Å²) in [4.78, 5) is 23.4. The summed E-state index contributed by atoms with van der Waals surface area (Å²) in [5.41, 5.74) is 3.22. The van der Waals surface area contributed by atoms with Crippen LogP contribution < -0.4 is 10.4 Å². The molecule has 0 amide bonds. The molecule has 0 fully saturated rings. The molecule has 0 atom stereocenters. The number of carbonyl (C=O) groups excluding carboxylic acids is 1. The van der Waals surface area contributed by atoms with Gasteiger partial charge in [-0.1, -0.05) is 29.8 Å². The van der Waals surface area contributed by atoms with Crippen molar-refractivity contribution in [2.24, 2.45) is 0 Å². The van der Waals surface area contributed by atoms with Crippen LogP contribution in [0.5, 0.6) is 5.75 Å². The molecule has 0 N–H and O–H groups in total. The van der Waals surface area contributed by atoms with Crippen LogP contribution in [0.4, 0.5) is 0 Å². The van der Waals surface area contributed by atoms with Crippen molar-refractivity contribution in [2.45, 2.75) is 19.6 Å². The van der Waals surface area contributed by atoms with Crippen molar-refractivity contribution in [1.29, 1.82) is 0 Å². The summed E-state index contributed by atoms with van der Waals surface area (Å²) in [5, 5.41) is 0.827. The topological polar surface area (TPSA) is 56.5 Å². The minimum absolute atomic E-state index is 0.254. The summed E-state index contributed by atoms with van der Waals surface area (Å²) in [7, 11) is 0. The molecule has 0 aliphatic rings. The Labute approximate surface area is 149 Å². The number of carbonyl (C=O) groups is 1. The van der Waals surface area contributed by atoms with Gasteiger partial charge in [-0.05, 0) is 37.1 Å². The first-order valence-electron chi connectivity index (χ1n) is 7.90. The third kappa shape index (κ3) is 4.51. The predicted octanol–water partition coefficient (Wildman–Crippen LogP) is 4.25. The van der Waals surface area contributed by atoms with Crippen LogP contribution in [-0.2, 0) is 10.5 Å². The minimum atomic E-state index is -0.415. The lowest BCUT2D eigenvalue weighted by atomic mass is 10.1. The summed E-state index contributed by atoms with van der Waals surface area (Å²) >= 11 is 1.50. The van der Waals surface area contributed by atoms with Crippen molar-refractivity contribution >= 4 is 28.7 Å². The fraction of sp³-hybridized carbons (Fsp3) is 0.200. The van der Waals surface area contributed by atoms with Gasteiger partial charge in [0.05, 0.1) is 5.75 Å². The number of aryl methyl sites for hydroxylation is 2. The second-order valence-electron chi connectivity index (χ2n) is 5.86. The average molecular weight is 354 g/mol. The van der Waals surface area contributed by atoms with E-state index in [0.717, 1.165) is 16.7 Å². The fourth-order valence-corrected chi connectivity index (χ4v) is 3.22.